The summed E-state index contributed by atoms with van der Waals surface area (Å²) in [5.41, 5.74) is 1.25. The number of aryl methyl sites for hydroxylation is 1. The number of hydrogen-bond donors (Lipinski definition) is 1. The molecule has 1 unspecified atom stereocenters. The van der Waals surface area contributed by atoms with Crippen LogP contribution in [0.3, 0.4) is 0 Å². The number of rotatable bonds is 7. The third kappa shape index (κ3) is 3.74. The molecular formula is C14H20N4OS. The number of aromatic nitrogens is 3. The van der Waals surface area contributed by atoms with Crippen LogP contribution in [0.4, 0.5) is 0 Å². The maximum atomic E-state index is 5.20. The largest absolute Gasteiger partial charge is 0.497 e. The molecule has 1 aromatic carbocycles. The minimum atomic E-state index is 0.285. The van der Waals surface area contributed by atoms with Crippen LogP contribution >= 0.6 is 11.8 Å². The fraction of sp³-hybridized carbons (Fsp3) is 0.429. The summed E-state index contributed by atoms with van der Waals surface area (Å²) in [5, 5.41) is 12.4. The van der Waals surface area contributed by atoms with Crippen LogP contribution in [-0.4, -0.2) is 34.2 Å². The summed E-state index contributed by atoms with van der Waals surface area (Å²) in [4.78, 5) is 0. The molecule has 1 N–H and O–H groups in total. The van der Waals surface area contributed by atoms with Gasteiger partial charge in [-0.25, -0.2) is 0 Å². The van der Waals surface area contributed by atoms with E-state index in [1.165, 1.54) is 5.56 Å². The summed E-state index contributed by atoms with van der Waals surface area (Å²) in [6, 6.07) is 8.47. The smallest absolute Gasteiger partial charge is 0.190 e. The molecule has 2 aromatic rings. The zero-order valence-electron chi connectivity index (χ0n) is 12.0. The van der Waals surface area contributed by atoms with Gasteiger partial charge in [0, 0.05) is 18.8 Å². The molecule has 0 aliphatic heterocycles. The van der Waals surface area contributed by atoms with E-state index in [0.29, 0.717) is 0 Å². The molecule has 0 saturated heterocycles. The lowest BCUT2D eigenvalue weighted by molar-refractivity contribution is 0.414. The number of nitrogens with zero attached hydrogens (tertiary/aromatic N) is 3. The third-order valence-corrected chi connectivity index (χ3v) is 4.15. The van der Waals surface area contributed by atoms with Crippen LogP contribution in [0.15, 0.2) is 35.7 Å². The second-order valence-corrected chi connectivity index (χ2v) is 5.41. The Morgan fingerprint density at radius 3 is 2.65 bits per heavy atom. The van der Waals surface area contributed by atoms with Crippen LogP contribution < -0.4 is 10.1 Å². The Morgan fingerprint density at radius 2 is 2.10 bits per heavy atom. The Labute approximate surface area is 123 Å². The molecule has 0 amide bonds. The normalized spacial score (nSPS) is 12.3. The zero-order valence-corrected chi connectivity index (χ0v) is 12.9. The number of hydrogen-bond acceptors (Lipinski definition) is 5. The quantitative estimate of drug-likeness (QED) is 0.793. The van der Waals surface area contributed by atoms with Crippen molar-refractivity contribution in [2.45, 2.75) is 18.1 Å². The lowest BCUT2D eigenvalue weighted by Gasteiger charge is -2.18. The van der Waals surface area contributed by atoms with Gasteiger partial charge in [-0.1, -0.05) is 30.8 Å². The first-order valence-electron chi connectivity index (χ1n) is 6.58. The van der Waals surface area contributed by atoms with E-state index in [-0.39, 0.29) is 6.04 Å². The van der Waals surface area contributed by atoms with E-state index >= 15 is 0 Å². The van der Waals surface area contributed by atoms with Gasteiger partial charge >= 0.3 is 0 Å². The Balaban J connectivity index is 2.04. The summed E-state index contributed by atoms with van der Waals surface area (Å²) in [5.74, 6) is 1.79. The predicted octanol–water partition coefficient (Wildman–Crippen LogP) is 2.27. The van der Waals surface area contributed by atoms with Gasteiger partial charge in [-0.2, -0.15) is 0 Å². The summed E-state index contributed by atoms with van der Waals surface area (Å²) in [6.07, 6.45) is 1.72. The van der Waals surface area contributed by atoms with Crippen molar-refractivity contribution in [3.8, 4) is 5.75 Å². The van der Waals surface area contributed by atoms with E-state index < -0.39 is 0 Å². The van der Waals surface area contributed by atoms with Crippen molar-refractivity contribution >= 4 is 11.8 Å². The van der Waals surface area contributed by atoms with Gasteiger partial charge in [0.25, 0.3) is 0 Å². The highest BCUT2D eigenvalue weighted by molar-refractivity contribution is 7.99. The van der Waals surface area contributed by atoms with E-state index in [9.17, 15) is 0 Å². The number of nitrogens with one attached hydrogen (secondary N) is 1. The molecule has 0 radical (unpaired) electrons. The molecule has 0 saturated carbocycles. The first-order valence-corrected chi connectivity index (χ1v) is 7.57. The summed E-state index contributed by atoms with van der Waals surface area (Å²) in [6.45, 7) is 3.04. The molecule has 5 nitrogen and oxygen atoms in total. The highest BCUT2D eigenvalue weighted by atomic mass is 32.2. The van der Waals surface area contributed by atoms with Crippen LogP contribution in [0, 0.1) is 0 Å². The topological polar surface area (TPSA) is 52.0 Å². The lowest BCUT2D eigenvalue weighted by Crippen LogP contribution is -2.23. The molecule has 6 heteroatoms. The first kappa shape index (κ1) is 14.9. The Hall–Kier alpha value is -1.53. The minimum Gasteiger partial charge on any atom is -0.497 e. The highest BCUT2D eigenvalue weighted by Gasteiger charge is 2.12. The van der Waals surface area contributed by atoms with E-state index in [1.54, 1.807) is 25.2 Å². The fourth-order valence-electron chi connectivity index (χ4n) is 1.92. The van der Waals surface area contributed by atoms with E-state index in [1.807, 2.05) is 23.7 Å². The van der Waals surface area contributed by atoms with Gasteiger partial charge in [0.1, 0.15) is 12.1 Å². The van der Waals surface area contributed by atoms with Crippen molar-refractivity contribution in [1.29, 1.82) is 0 Å². The monoisotopic (exact) mass is 292 g/mol. The Bertz CT molecular complexity index is 526. The number of thioether (sulfide) groups is 1. The maximum Gasteiger partial charge on any atom is 0.190 e. The predicted molar refractivity (Wildman–Crippen MR) is 81.1 cm³/mol. The Kier molecular flexibility index (Phi) is 5.43. The molecule has 0 fully saturated rings. The van der Waals surface area contributed by atoms with Crippen molar-refractivity contribution in [2.75, 3.05) is 19.4 Å². The van der Waals surface area contributed by atoms with Crippen LogP contribution in [0.2, 0.25) is 0 Å². The minimum absolute atomic E-state index is 0.285. The second kappa shape index (κ2) is 7.31. The van der Waals surface area contributed by atoms with Crippen LogP contribution in [0.1, 0.15) is 18.5 Å². The summed E-state index contributed by atoms with van der Waals surface area (Å²) in [7, 11) is 3.64. The van der Waals surface area contributed by atoms with Crippen molar-refractivity contribution in [3.63, 3.8) is 0 Å². The average Bonchev–Trinajstić information content (AvgIpc) is 2.89. The highest BCUT2D eigenvalue weighted by Crippen LogP contribution is 2.24. The molecule has 1 aromatic heterocycles. The zero-order chi connectivity index (χ0) is 14.4. The third-order valence-electron chi connectivity index (χ3n) is 3.02. The Morgan fingerprint density at radius 1 is 1.35 bits per heavy atom. The summed E-state index contributed by atoms with van der Waals surface area (Å²) < 4.78 is 7.13. The van der Waals surface area contributed by atoms with Gasteiger partial charge < -0.3 is 14.6 Å². The average molecular weight is 292 g/mol. The number of methoxy groups -OCH3 is 1. The van der Waals surface area contributed by atoms with Crippen molar-refractivity contribution < 1.29 is 4.74 Å². The molecule has 0 aliphatic carbocycles. The molecule has 0 aliphatic rings. The second-order valence-electron chi connectivity index (χ2n) is 4.42. The maximum absolute atomic E-state index is 5.20. The molecule has 1 heterocycles. The van der Waals surface area contributed by atoms with Crippen molar-refractivity contribution in [1.82, 2.24) is 20.1 Å². The molecular weight excluding hydrogens is 272 g/mol. The molecule has 1 atom stereocenters. The van der Waals surface area contributed by atoms with E-state index in [4.69, 9.17) is 4.74 Å². The summed E-state index contributed by atoms with van der Waals surface area (Å²) >= 11 is 1.70. The van der Waals surface area contributed by atoms with Gasteiger partial charge in [-0.15, -0.1) is 10.2 Å². The standard InChI is InChI=1S/C14H20N4OS/c1-4-15-13(9-20-14-17-16-10-18(14)2)11-5-7-12(19-3)8-6-11/h5-8,10,13,15H,4,9H2,1-3H3. The SMILES string of the molecule is CCNC(CSc1nncn1C)c1ccc(OC)cc1. The van der Waals surface area contributed by atoms with Crippen molar-refractivity contribution in [2.24, 2.45) is 7.05 Å². The van der Waals surface area contributed by atoms with Gasteiger partial charge in [-0.3, -0.25) is 0 Å². The molecule has 20 heavy (non-hydrogen) atoms. The van der Waals surface area contributed by atoms with Crippen LogP contribution in [-0.2, 0) is 7.05 Å². The number of benzene rings is 1. The lowest BCUT2D eigenvalue weighted by atomic mass is 10.1. The molecule has 0 spiro atoms. The fourth-order valence-corrected chi connectivity index (χ4v) is 2.90. The van der Waals surface area contributed by atoms with Gasteiger partial charge in [0.2, 0.25) is 0 Å². The molecule has 108 valence electrons. The van der Waals surface area contributed by atoms with Gasteiger partial charge in [-0.05, 0) is 24.2 Å². The van der Waals surface area contributed by atoms with E-state index in [0.717, 1.165) is 23.2 Å². The van der Waals surface area contributed by atoms with Crippen LogP contribution in [0.5, 0.6) is 5.75 Å². The molecule has 2 rings (SSSR count). The first-order chi connectivity index (χ1) is 9.74. The van der Waals surface area contributed by atoms with E-state index in [2.05, 4.69) is 34.6 Å². The molecule has 0 bridgehead atoms. The van der Waals surface area contributed by atoms with Gasteiger partial charge in [0.15, 0.2) is 5.16 Å². The number of ether oxygens (including phenoxy) is 1. The van der Waals surface area contributed by atoms with Crippen molar-refractivity contribution in [3.05, 3.63) is 36.2 Å². The van der Waals surface area contributed by atoms with Crippen LogP contribution in [0.25, 0.3) is 0 Å². The van der Waals surface area contributed by atoms with Gasteiger partial charge in [0.05, 0.1) is 7.11 Å².